The number of benzene rings is 4. The summed E-state index contributed by atoms with van der Waals surface area (Å²) in [5, 5.41) is 49.8. The summed E-state index contributed by atoms with van der Waals surface area (Å²) in [7, 11) is 1.60. The van der Waals surface area contributed by atoms with Crippen LogP contribution < -0.4 is 24.8 Å². The smallest absolute Gasteiger partial charge is 0.255 e. The summed E-state index contributed by atoms with van der Waals surface area (Å²) in [6.45, 7) is 0.0622. The molecule has 1 aliphatic heterocycles. The van der Waals surface area contributed by atoms with Crippen LogP contribution in [0.15, 0.2) is 83.4 Å². The Kier molecular flexibility index (Phi) is 13.2. The highest BCUT2D eigenvalue weighted by Crippen LogP contribution is 2.35. The van der Waals surface area contributed by atoms with Gasteiger partial charge in [0.2, 0.25) is 0 Å². The van der Waals surface area contributed by atoms with Crippen LogP contribution in [0.25, 0.3) is 22.6 Å². The molecule has 12 heteroatoms. The molecule has 0 saturated heterocycles. The largest absolute Gasteiger partial charge is 0.493 e. The molecular formula is C42H47N3O9. The van der Waals surface area contributed by atoms with E-state index < -0.39 is 6.17 Å². The summed E-state index contributed by atoms with van der Waals surface area (Å²) < 4.78 is 23.3. The Morgan fingerprint density at radius 2 is 1.33 bits per heavy atom. The minimum absolute atomic E-state index is 0.139. The van der Waals surface area contributed by atoms with Gasteiger partial charge in [-0.3, -0.25) is 4.79 Å². The fourth-order valence-electron chi connectivity index (χ4n) is 6.61. The molecule has 54 heavy (non-hydrogen) atoms. The lowest BCUT2D eigenvalue weighted by Crippen LogP contribution is -2.38. The first-order chi connectivity index (χ1) is 26.5. The Balaban J connectivity index is 0.923. The van der Waals surface area contributed by atoms with Gasteiger partial charge in [0.05, 0.1) is 52.3 Å². The number of hydrogen-bond acceptors (Lipinski definition) is 11. The van der Waals surface area contributed by atoms with Gasteiger partial charge in [0, 0.05) is 28.4 Å². The molecule has 5 aromatic rings. The first-order valence-corrected chi connectivity index (χ1v) is 18.2. The van der Waals surface area contributed by atoms with Gasteiger partial charge in [-0.2, -0.15) is 0 Å². The molecule has 0 saturated carbocycles. The summed E-state index contributed by atoms with van der Waals surface area (Å²) in [5.74, 6) is 2.19. The van der Waals surface area contributed by atoms with E-state index in [1.807, 2.05) is 54.6 Å². The number of hydrogen-bond donors (Lipinski definition) is 6. The maximum atomic E-state index is 12.6. The van der Waals surface area contributed by atoms with Crippen molar-refractivity contribution in [2.45, 2.75) is 71.1 Å². The van der Waals surface area contributed by atoms with E-state index >= 15 is 0 Å². The van der Waals surface area contributed by atoms with Crippen molar-refractivity contribution in [3.63, 3.8) is 0 Å². The van der Waals surface area contributed by atoms with Gasteiger partial charge in [0.25, 0.3) is 5.91 Å². The Morgan fingerprint density at radius 1 is 0.667 bits per heavy atom. The van der Waals surface area contributed by atoms with Crippen LogP contribution >= 0.6 is 0 Å². The number of aromatic nitrogens is 1. The zero-order valence-corrected chi connectivity index (χ0v) is 30.3. The maximum absolute atomic E-state index is 12.6. The van der Waals surface area contributed by atoms with E-state index in [9.17, 15) is 25.2 Å². The van der Waals surface area contributed by atoms with Crippen molar-refractivity contribution in [2.75, 3.05) is 25.6 Å². The van der Waals surface area contributed by atoms with Gasteiger partial charge >= 0.3 is 0 Å². The number of fused-ring (bicyclic) bond motifs is 1. The van der Waals surface area contributed by atoms with Crippen LogP contribution in [0.3, 0.4) is 0 Å². The predicted molar refractivity (Wildman–Crippen MR) is 203 cm³/mol. The molecule has 1 amide bonds. The first kappa shape index (κ1) is 38.3. The SMILES string of the molecule is COc1ccc(-c2cc(-c3cc(CO)c(CO)c(CO)c3)on2)cc1OCCCCCCCCOc1ccc(C2NC(=O)c3ccccc3N2)cc1CO. The van der Waals surface area contributed by atoms with Crippen molar-refractivity contribution in [1.29, 1.82) is 0 Å². The third kappa shape index (κ3) is 9.03. The molecule has 12 nitrogen and oxygen atoms in total. The van der Waals surface area contributed by atoms with E-state index in [-0.39, 0.29) is 32.3 Å². The number of anilines is 1. The highest BCUT2D eigenvalue weighted by molar-refractivity contribution is 6.01. The van der Waals surface area contributed by atoms with Crippen molar-refractivity contribution < 1.29 is 44.0 Å². The molecule has 0 spiro atoms. The number of nitrogens with one attached hydrogen (secondary N) is 2. The van der Waals surface area contributed by atoms with Crippen molar-refractivity contribution in [2.24, 2.45) is 0 Å². The lowest BCUT2D eigenvalue weighted by atomic mass is 9.97. The van der Waals surface area contributed by atoms with E-state index in [2.05, 4.69) is 15.8 Å². The number of nitrogens with zero attached hydrogens (tertiary/aromatic N) is 1. The van der Waals surface area contributed by atoms with Crippen LogP contribution in [0.5, 0.6) is 17.2 Å². The molecule has 1 atom stereocenters. The third-order valence-corrected chi connectivity index (χ3v) is 9.58. The molecule has 0 aliphatic carbocycles. The monoisotopic (exact) mass is 737 g/mol. The number of carbonyl (C=O) groups excluding carboxylic acids is 1. The highest BCUT2D eigenvalue weighted by atomic mass is 16.5. The van der Waals surface area contributed by atoms with E-state index in [4.69, 9.17) is 18.7 Å². The Bertz CT molecular complexity index is 2000. The van der Waals surface area contributed by atoms with Gasteiger partial charge in [0.15, 0.2) is 17.3 Å². The van der Waals surface area contributed by atoms with Crippen LogP contribution in [0.4, 0.5) is 5.69 Å². The molecule has 0 fully saturated rings. The molecule has 6 rings (SSSR count). The minimum Gasteiger partial charge on any atom is -0.493 e. The standard InChI is InChI=1S/C42H47N3O9/c1-51-38-15-12-27(36-22-39(54-45-36)29-19-30(23-46)34(26-49)31(20-29)24-47)21-40(38)53-17-9-5-3-2-4-8-16-52-37-14-13-28(18-32(37)25-48)41-43-35-11-7-6-10-33(35)42(50)44-41/h6-7,10-15,18-22,41,43,46-49H,2-5,8-9,16-17,23-26H2,1H3,(H,44,50). The number of para-hydroxylation sites is 1. The number of aliphatic hydroxyl groups excluding tert-OH is 4. The zero-order chi connectivity index (χ0) is 37.9. The van der Waals surface area contributed by atoms with Gasteiger partial charge in [-0.15, -0.1) is 0 Å². The first-order valence-electron chi connectivity index (χ1n) is 18.2. The fraction of sp³-hybridized carbons (Fsp3) is 0.333. The van der Waals surface area contributed by atoms with Crippen LogP contribution in [0.2, 0.25) is 0 Å². The molecular weight excluding hydrogens is 690 g/mol. The molecule has 1 unspecified atom stereocenters. The summed E-state index contributed by atoms with van der Waals surface area (Å²) in [6.07, 6.45) is 5.56. The lowest BCUT2D eigenvalue weighted by Gasteiger charge is -2.28. The number of carbonyl (C=O) groups is 1. The number of methoxy groups -OCH3 is 1. The van der Waals surface area contributed by atoms with E-state index in [1.54, 1.807) is 31.4 Å². The van der Waals surface area contributed by atoms with E-state index in [1.165, 1.54) is 0 Å². The van der Waals surface area contributed by atoms with E-state index in [0.29, 0.717) is 75.3 Å². The summed E-state index contributed by atoms with van der Waals surface area (Å²) in [6, 6.07) is 23.8. The minimum atomic E-state index is -0.397. The normalized spacial score (nSPS) is 13.6. The zero-order valence-electron chi connectivity index (χ0n) is 30.3. The van der Waals surface area contributed by atoms with Crippen molar-refractivity contribution in [3.8, 4) is 39.8 Å². The molecule has 6 N–H and O–H groups in total. The van der Waals surface area contributed by atoms with Gasteiger partial charge in [0.1, 0.15) is 17.6 Å². The Labute approximate surface area is 314 Å². The number of unbranched alkanes of at least 4 members (excludes halogenated alkanes) is 5. The number of rotatable bonds is 19. The van der Waals surface area contributed by atoms with E-state index in [0.717, 1.165) is 55.3 Å². The van der Waals surface area contributed by atoms with Crippen molar-refractivity contribution in [1.82, 2.24) is 10.5 Å². The predicted octanol–water partition coefficient (Wildman–Crippen LogP) is 6.64. The Hall–Kier alpha value is -5.40. The molecule has 1 aliphatic rings. The van der Waals surface area contributed by atoms with Crippen LogP contribution in [-0.4, -0.2) is 51.8 Å². The number of amides is 1. The average Bonchev–Trinajstić information content (AvgIpc) is 3.71. The lowest BCUT2D eigenvalue weighted by molar-refractivity contribution is 0.0935. The second-order valence-corrected chi connectivity index (χ2v) is 13.1. The number of aliphatic hydroxyl groups is 4. The third-order valence-electron chi connectivity index (χ3n) is 9.58. The average molecular weight is 738 g/mol. The number of ether oxygens (including phenoxy) is 3. The maximum Gasteiger partial charge on any atom is 0.255 e. The van der Waals surface area contributed by atoms with Crippen LogP contribution in [0, 0.1) is 0 Å². The second kappa shape index (κ2) is 18.6. The molecule has 284 valence electrons. The fourth-order valence-corrected chi connectivity index (χ4v) is 6.61. The topological polar surface area (TPSA) is 176 Å². The summed E-state index contributed by atoms with van der Waals surface area (Å²) in [4.78, 5) is 12.6. The van der Waals surface area contributed by atoms with Crippen molar-refractivity contribution in [3.05, 3.63) is 112 Å². The Morgan fingerprint density at radius 3 is 2.02 bits per heavy atom. The van der Waals surface area contributed by atoms with Crippen molar-refractivity contribution >= 4 is 11.6 Å². The molecule has 4 aromatic carbocycles. The highest BCUT2D eigenvalue weighted by Gasteiger charge is 2.25. The van der Waals surface area contributed by atoms with Gasteiger partial charge in [-0.25, -0.2) is 0 Å². The van der Waals surface area contributed by atoms with Gasteiger partial charge in [-0.1, -0.05) is 49.0 Å². The second-order valence-electron chi connectivity index (χ2n) is 13.1. The van der Waals surface area contributed by atoms with Crippen LogP contribution in [-0.2, 0) is 26.4 Å². The molecule has 2 heterocycles. The summed E-state index contributed by atoms with van der Waals surface area (Å²) in [5.41, 5.74) is 6.43. The van der Waals surface area contributed by atoms with Gasteiger partial charge in [-0.05, 0) is 89.7 Å². The summed E-state index contributed by atoms with van der Waals surface area (Å²) >= 11 is 0. The van der Waals surface area contributed by atoms with Gasteiger partial charge < -0.3 is 49.8 Å². The quantitative estimate of drug-likeness (QED) is 0.0501. The molecule has 1 aromatic heterocycles. The molecule has 0 bridgehead atoms. The van der Waals surface area contributed by atoms with Crippen LogP contribution in [0.1, 0.15) is 82.9 Å². The molecule has 0 radical (unpaired) electrons.